The lowest BCUT2D eigenvalue weighted by Crippen LogP contribution is -2.27. The summed E-state index contributed by atoms with van der Waals surface area (Å²) in [5.41, 5.74) is 0.664. The van der Waals surface area contributed by atoms with Gasteiger partial charge < -0.3 is 0 Å². The molecule has 0 amide bonds. The molecule has 0 heterocycles. The Kier molecular flexibility index (Phi) is 5.27. The fourth-order valence-electron chi connectivity index (χ4n) is 3.16. The Labute approximate surface area is 119 Å². The maximum absolute atomic E-state index is 12.3. The van der Waals surface area contributed by atoms with Crippen molar-refractivity contribution in [1.29, 1.82) is 0 Å². The van der Waals surface area contributed by atoms with Gasteiger partial charge in [-0.3, -0.25) is 14.9 Å². The Morgan fingerprint density at radius 3 is 2.45 bits per heavy atom. The summed E-state index contributed by atoms with van der Waals surface area (Å²) in [5.74, 6) is 0.253. The molecule has 108 valence electrons. The van der Waals surface area contributed by atoms with E-state index in [4.69, 9.17) is 0 Å². The molecule has 20 heavy (non-hydrogen) atoms. The van der Waals surface area contributed by atoms with Gasteiger partial charge in [-0.25, -0.2) is 0 Å². The first-order valence-corrected chi connectivity index (χ1v) is 7.37. The summed E-state index contributed by atoms with van der Waals surface area (Å²) >= 11 is 0. The van der Waals surface area contributed by atoms with Gasteiger partial charge in [-0.05, 0) is 18.8 Å². The second-order valence-corrected chi connectivity index (χ2v) is 5.67. The number of nitro groups is 1. The molecule has 1 saturated carbocycles. The minimum atomic E-state index is -0.266. The number of Topliss-reactive ketones (excluding diaryl/α,β-unsaturated/α-hetero) is 1. The van der Waals surface area contributed by atoms with Gasteiger partial charge in [-0.2, -0.15) is 0 Å². The average molecular weight is 275 g/mol. The van der Waals surface area contributed by atoms with E-state index in [1.807, 2.05) is 18.2 Å². The van der Waals surface area contributed by atoms with Crippen LogP contribution in [-0.2, 0) is 0 Å². The molecule has 1 unspecified atom stereocenters. The number of carbonyl (C=O) groups excluding carboxylic acids is 1. The highest BCUT2D eigenvalue weighted by Crippen LogP contribution is 2.32. The number of carbonyl (C=O) groups is 1. The highest BCUT2D eigenvalue weighted by atomic mass is 16.6. The van der Waals surface area contributed by atoms with E-state index >= 15 is 0 Å². The first kappa shape index (κ1) is 14.7. The summed E-state index contributed by atoms with van der Waals surface area (Å²) in [6, 6.07) is 9.10. The van der Waals surface area contributed by atoms with Crippen LogP contribution in [0.5, 0.6) is 0 Å². The largest absolute Gasteiger partial charge is 0.294 e. The molecule has 0 saturated heterocycles. The third-order valence-electron chi connectivity index (χ3n) is 4.24. The number of rotatable bonds is 6. The molecule has 1 atom stereocenters. The van der Waals surface area contributed by atoms with Gasteiger partial charge in [0, 0.05) is 22.8 Å². The molecule has 1 aliphatic rings. The molecule has 0 N–H and O–H groups in total. The number of nitrogens with zero attached hydrogens (tertiary/aromatic N) is 1. The van der Waals surface area contributed by atoms with Gasteiger partial charge in [-0.1, -0.05) is 49.6 Å². The van der Waals surface area contributed by atoms with Crippen LogP contribution in [0.4, 0.5) is 0 Å². The van der Waals surface area contributed by atoms with Crippen molar-refractivity contribution in [2.24, 2.45) is 11.8 Å². The third-order valence-corrected chi connectivity index (χ3v) is 4.24. The molecule has 1 aliphatic carbocycles. The molecule has 0 spiro atoms. The van der Waals surface area contributed by atoms with Crippen molar-refractivity contribution < 1.29 is 9.72 Å². The Balaban J connectivity index is 2.03. The van der Waals surface area contributed by atoms with Crippen LogP contribution in [0.25, 0.3) is 0 Å². The Morgan fingerprint density at radius 1 is 1.20 bits per heavy atom. The molecule has 0 radical (unpaired) electrons. The predicted molar refractivity (Wildman–Crippen MR) is 77.3 cm³/mol. The minimum Gasteiger partial charge on any atom is -0.294 e. The molecule has 4 heteroatoms. The maximum Gasteiger partial charge on any atom is 0.207 e. The van der Waals surface area contributed by atoms with Gasteiger partial charge in [0.25, 0.3) is 0 Å². The summed E-state index contributed by atoms with van der Waals surface area (Å²) in [7, 11) is 0. The highest BCUT2D eigenvalue weighted by Gasteiger charge is 2.29. The van der Waals surface area contributed by atoms with Gasteiger partial charge >= 0.3 is 0 Å². The van der Waals surface area contributed by atoms with E-state index < -0.39 is 0 Å². The molecular weight excluding hydrogens is 254 g/mol. The molecule has 1 fully saturated rings. The molecule has 0 bridgehead atoms. The van der Waals surface area contributed by atoms with E-state index in [9.17, 15) is 14.9 Å². The summed E-state index contributed by atoms with van der Waals surface area (Å²) < 4.78 is 0. The minimum absolute atomic E-state index is 0.0306. The van der Waals surface area contributed by atoms with Crippen LogP contribution in [0, 0.1) is 22.0 Å². The van der Waals surface area contributed by atoms with E-state index in [-0.39, 0.29) is 23.2 Å². The Bertz CT molecular complexity index is 452. The number of benzene rings is 1. The number of hydrogen-bond donors (Lipinski definition) is 0. The van der Waals surface area contributed by atoms with E-state index in [2.05, 4.69) is 0 Å². The lowest BCUT2D eigenvalue weighted by Gasteiger charge is -2.27. The van der Waals surface area contributed by atoms with Crippen LogP contribution in [-0.4, -0.2) is 17.3 Å². The van der Waals surface area contributed by atoms with Gasteiger partial charge in [0.1, 0.15) is 0 Å². The normalized spacial score (nSPS) is 17.6. The van der Waals surface area contributed by atoms with E-state index in [1.54, 1.807) is 12.1 Å². The molecule has 2 rings (SSSR count). The number of hydrogen-bond acceptors (Lipinski definition) is 3. The van der Waals surface area contributed by atoms with Crippen LogP contribution in [0.1, 0.15) is 48.9 Å². The SMILES string of the molecule is O=C(CC(C[N+](=O)[O-])C1CCCCC1)c1ccccc1. The second-order valence-electron chi connectivity index (χ2n) is 5.67. The van der Waals surface area contributed by atoms with Crippen LogP contribution < -0.4 is 0 Å². The van der Waals surface area contributed by atoms with Crippen LogP contribution >= 0.6 is 0 Å². The lowest BCUT2D eigenvalue weighted by atomic mass is 9.77. The van der Waals surface area contributed by atoms with Crippen molar-refractivity contribution >= 4 is 5.78 Å². The van der Waals surface area contributed by atoms with Gasteiger partial charge in [-0.15, -0.1) is 0 Å². The molecule has 1 aromatic carbocycles. The van der Waals surface area contributed by atoms with Crippen molar-refractivity contribution in [3.63, 3.8) is 0 Å². The molecular formula is C16H21NO3. The predicted octanol–water partition coefficient (Wildman–Crippen LogP) is 3.73. The first-order valence-electron chi connectivity index (χ1n) is 7.37. The molecule has 1 aromatic rings. The summed E-state index contributed by atoms with van der Waals surface area (Å²) in [6.45, 7) is -0.0801. The lowest BCUT2D eigenvalue weighted by molar-refractivity contribution is -0.490. The smallest absolute Gasteiger partial charge is 0.207 e. The van der Waals surface area contributed by atoms with E-state index in [0.29, 0.717) is 17.9 Å². The third kappa shape index (κ3) is 4.15. The highest BCUT2D eigenvalue weighted by molar-refractivity contribution is 5.96. The van der Waals surface area contributed by atoms with Crippen molar-refractivity contribution in [3.8, 4) is 0 Å². The van der Waals surface area contributed by atoms with Crippen LogP contribution in [0.15, 0.2) is 30.3 Å². The summed E-state index contributed by atoms with van der Waals surface area (Å²) in [4.78, 5) is 22.9. The van der Waals surface area contributed by atoms with Gasteiger partial charge in [0.05, 0.1) is 0 Å². The van der Waals surface area contributed by atoms with Crippen LogP contribution in [0.3, 0.4) is 0 Å². The zero-order valence-corrected chi connectivity index (χ0v) is 11.7. The summed E-state index contributed by atoms with van der Waals surface area (Å²) in [6.07, 6.45) is 5.85. The van der Waals surface area contributed by atoms with Crippen molar-refractivity contribution in [2.75, 3.05) is 6.54 Å². The number of ketones is 1. The Hall–Kier alpha value is -1.71. The van der Waals surface area contributed by atoms with Gasteiger partial charge in [0.2, 0.25) is 6.54 Å². The quantitative estimate of drug-likeness (QED) is 0.451. The second kappa shape index (κ2) is 7.17. The standard InChI is InChI=1S/C16H21NO3/c18-16(14-9-5-2-6-10-14)11-15(12-17(19)20)13-7-3-1-4-8-13/h2,5-6,9-10,13,15H,1,3-4,7-8,11-12H2. The summed E-state index contributed by atoms with van der Waals surface area (Å²) in [5, 5.41) is 10.9. The first-order chi connectivity index (χ1) is 9.66. The van der Waals surface area contributed by atoms with Crippen molar-refractivity contribution in [1.82, 2.24) is 0 Å². The van der Waals surface area contributed by atoms with E-state index in [0.717, 1.165) is 25.7 Å². The monoisotopic (exact) mass is 275 g/mol. The van der Waals surface area contributed by atoms with Crippen molar-refractivity contribution in [2.45, 2.75) is 38.5 Å². The van der Waals surface area contributed by atoms with Gasteiger partial charge in [0.15, 0.2) is 5.78 Å². The molecule has 0 aliphatic heterocycles. The molecule has 4 nitrogen and oxygen atoms in total. The topological polar surface area (TPSA) is 60.2 Å². The maximum atomic E-state index is 12.3. The fraction of sp³-hybridized carbons (Fsp3) is 0.562. The average Bonchev–Trinajstić information content (AvgIpc) is 2.48. The van der Waals surface area contributed by atoms with E-state index in [1.165, 1.54) is 6.42 Å². The zero-order valence-electron chi connectivity index (χ0n) is 11.7. The Morgan fingerprint density at radius 2 is 1.85 bits per heavy atom. The molecule has 0 aromatic heterocycles. The zero-order chi connectivity index (χ0) is 14.4. The van der Waals surface area contributed by atoms with Crippen LogP contribution in [0.2, 0.25) is 0 Å². The van der Waals surface area contributed by atoms with Crippen molar-refractivity contribution in [3.05, 3.63) is 46.0 Å². The fourth-order valence-corrected chi connectivity index (χ4v) is 3.16.